The second-order valence-corrected chi connectivity index (χ2v) is 9.96. The number of amides is 1. The van der Waals surface area contributed by atoms with Crippen LogP contribution in [-0.2, 0) is 26.3 Å². The summed E-state index contributed by atoms with van der Waals surface area (Å²) in [7, 11) is 0. The normalized spacial score (nSPS) is 16.8. The molecule has 7 nitrogen and oxygen atoms in total. The van der Waals surface area contributed by atoms with Gasteiger partial charge in [0.05, 0.1) is 12.4 Å². The minimum atomic E-state index is -0.474. The van der Waals surface area contributed by atoms with Crippen LogP contribution in [0.4, 0.5) is 0 Å². The number of ether oxygens (including phenoxy) is 1. The third-order valence-corrected chi connectivity index (χ3v) is 6.70. The lowest BCUT2D eigenvalue weighted by Crippen LogP contribution is -2.49. The Morgan fingerprint density at radius 2 is 1.84 bits per heavy atom. The van der Waals surface area contributed by atoms with E-state index in [1.807, 2.05) is 11.5 Å². The van der Waals surface area contributed by atoms with Gasteiger partial charge < -0.3 is 14.2 Å². The Bertz CT molecular complexity index is 934. The van der Waals surface area contributed by atoms with Gasteiger partial charge in [-0.05, 0) is 44.1 Å². The smallest absolute Gasteiger partial charge is 0.328 e. The molecule has 0 N–H and O–H groups in total. The van der Waals surface area contributed by atoms with Crippen molar-refractivity contribution in [1.29, 1.82) is 0 Å². The number of hydrogen-bond donors (Lipinski definition) is 0. The minimum absolute atomic E-state index is 0.0607. The topological polar surface area (TPSA) is 77.3 Å². The Labute approximate surface area is 194 Å². The van der Waals surface area contributed by atoms with Gasteiger partial charge in [-0.25, -0.2) is 4.79 Å². The van der Waals surface area contributed by atoms with Gasteiger partial charge in [-0.1, -0.05) is 56.8 Å². The van der Waals surface area contributed by atoms with Crippen LogP contribution in [0.1, 0.15) is 59.4 Å². The van der Waals surface area contributed by atoms with Gasteiger partial charge in [-0.3, -0.25) is 4.79 Å². The predicted molar refractivity (Wildman–Crippen MR) is 127 cm³/mol. The molecule has 1 aliphatic rings. The van der Waals surface area contributed by atoms with Gasteiger partial charge in [0, 0.05) is 18.7 Å². The van der Waals surface area contributed by atoms with Crippen LogP contribution in [-0.4, -0.2) is 56.5 Å². The molecule has 1 fully saturated rings. The van der Waals surface area contributed by atoms with Crippen LogP contribution in [0.3, 0.4) is 0 Å². The van der Waals surface area contributed by atoms with Crippen molar-refractivity contribution in [2.24, 2.45) is 0 Å². The van der Waals surface area contributed by atoms with E-state index >= 15 is 0 Å². The Hall–Kier alpha value is -2.35. The van der Waals surface area contributed by atoms with Crippen LogP contribution in [0.2, 0.25) is 0 Å². The number of carbonyl (C=O) groups is 2. The van der Waals surface area contributed by atoms with Gasteiger partial charge >= 0.3 is 5.97 Å². The van der Waals surface area contributed by atoms with E-state index in [9.17, 15) is 9.59 Å². The molecule has 0 radical (unpaired) electrons. The number of thioether (sulfide) groups is 1. The number of carbonyl (C=O) groups excluding carboxylic acids is 2. The molecule has 1 aromatic carbocycles. The van der Waals surface area contributed by atoms with E-state index in [4.69, 9.17) is 4.74 Å². The maximum atomic E-state index is 12.9. The number of esters is 1. The molecule has 0 saturated carbocycles. The molecule has 1 saturated heterocycles. The molecule has 1 aliphatic heterocycles. The van der Waals surface area contributed by atoms with Gasteiger partial charge in [0.1, 0.15) is 6.04 Å². The fourth-order valence-electron chi connectivity index (χ4n) is 3.94. The van der Waals surface area contributed by atoms with Gasteiger partial charge in [0.15, 0.2) is 11.0 Å². The molecule has 32 heavy (non-hydrogen) atoms. The highest BCUT2D eigenvalue weighted by molar-refractivity contribution is 7.99. The summed E-state index contributed by atoms with van der Waals surface area (Å²) >= 11 is 1.37. The van der Waals surface area contributed by atoms with Crippen molar-refractivity contribution in [2.75, 3.05) is 18.9 Å². The second kappa shape index (κ2) is 10.5. The molecule has 3 rings (SSSR count). The molecule has 1 atom stereocenters. The number of piperidine rings is 1. The molecular weight excluding hydrogens is 424 g/mol. The highest BCUT2D eigenvalue weighted by Gasteiger charge is 2.33. The van der Waals surface area contributed by atoms with Crippen molar-refractivity contribution >= 4 is 23.6 Å². The summed E-state index contributed by atoms with van der Waals surface area (Å²) in [5.74, 6) is 0.653. The van der Waals surface area contributed by atoms with Crippen LogP contribution >= 0.6 is 11.8 Å². The van der Waals surface area contributed by atoms with Crippen molar-refractivity contribution in [1.82, 2.24) is 19.7 Å². The highest BCUT2D eigenvalue weighted by atomic mass is 32.2. The number of likely N-dealkylation sites (tertiary alicyclic amines) is 1. The number of benzene rings is 1. The third kappa shape index (κ3) is 5.52. The lowest BCUT2D eigenvalue weighted by molar-refractivity contribution is -0.155. The SMILES string of the molecule is CCOC(=O)[C@H]1CCCCN1C(=O)CSc1nnc(-c2ccc(C(C)(C)C)cc2)n1CC. The first kappa shape index (κ1) is 24.3. The number of nitrogens with zero attached hydrogens (tertiary/aromatic N) is 4. The number of rotatable bonds is 7. The van der Waals surface area contributed by atoms with Gasteiger partial charge in [-0.15, -0.1) is 10.2 Å². The van der Waals surface area contributed by atoms with E-state index in [2.05, 4.69) is 55.2 Å². The van der Waals surface area contributed by atoms with Crippen LogP contribution in [0.25, 0.3) is 11.4 Å². The first-order valence-electron chi connectivity index (χ1n) is 11.4. The molecule has 0 aliphatic carbocycles. The summed E-state index contributed by atoms with van der Waals surface area (Å²) in [6, 6.07) is 7.94. The molecule has 1 aromatic heterocycles. The first-order valence-corrected chi connectivity index (χ1v) is 12.4. The number of hydrogen-bond acceptors (Lipinski definition) is 6. The lowest BCUT2D eigenvalue weighted by Gasteiger charge is -2.33. The summed E-state index contributed by atoms with van der Waals surface area (Å²) in [5, 5.41) is 9.46. The fraction of sp³-hybridized carbons (Fsp3) is 0.583. The summed E-state index contributed by atoms with van der Waals surface area (Å²) < 4.78 is 7.21. The second-order valence-electron chi connectivity index (χ2n) is 9.02. The van der Waals surface area contributed by atoms with Crippen molar-refractivity contribution in [3.05, 3.63) is 29.8 Å². The molecular formula is C24H34N4O3S. The Kier molecular flexibility index (Phi) is 7.98. The van der Waals surface area contributed by atoms with Gasteiger partial charge in [0.25, 0.3) is 0 Å². The molecule has 2 heterocycles. The monoisotopic (exact) mass is 458 g/mol. The molecule has 0 unspecified atom stereocenters. The van der Waals surface area contributed by atoms with Gasteiger partial charge in [-0.2, -0.15) is 0 Å². The Morgan fingerprint density at radius 1 is 1.12 bits per heavy atom. The summed E-state index contributed by atoms with van der Waals surface area (Å²) in [6.45, 7) is 12.0. The summed E-state index contributed by atoms with van der Waals surface area (Å²) in [5.41, 5.74) is 2.36. The quantitative estimate of drug-likeness (QED) is 0.455. The van der Waals surface area contributed by atoms with E-state index in [0.29, 0.717) is 31.3 Å². The average molecular weight is 459 g/mol. The fourth-order valence-corrected chi connectivity index (χ4v) is 4.82. The van der Waals surface area contributed by atoms with Gasteiger partial charge in [0.2, 0.25) is 5.91 Å². The van der Waals surface area contributed by atoms with Crippen molar-refractivity contribution < 1.29 is 14.3 Å². The number of aromatic nitrogens is 3. The Morgan fingerprint density at radius 3 is 2.47 bits per heavy atom. The van der Waals surface area contributed by atoms with Crippen LogP contribution in [0, 0.1) is 0 Å². The van der Waals surface area contributed by atoms with E-state index < -0.39 is 6.04 Å². The lowest BCUT2D eigenvalue weighted by atomic mass is 9.87. The van der Waals surface area contributed by atoms with Crippen LogP contribution in [0.15, 0.2) is 29.4 Å². The minimum Gasteiger partial charge on any atom is -0.464 e. The Balaban J connectivity index is 1.71. The maximum absolute atomic E-state index is 12.9. The van der Waals surface area contributed by atoms with Crippen LogP contribution in [0.5, 0.6) is 0 Å². The largest absolute Gasteiger partial charge is 0.464 e. The first-order chi connectivity index (χ1) is 15.3. The molecule has 2 aromatic rings. The van der Waals surface area contributed by atoms with E-state index in [0.717, 1.165) is 24.2 Å². The van der Waals surface area contributed by atoms with Crippen molar-refractivity contribution in [3.8, 4) is 11.4 Å². The maximum Gasteiger partial charge on any atom is 0.328 e. The zero-order valence-corrected chi connectivity index (χ0v) is 20.6. The average Bonchev–Trinajstić information content (AvgIpc) is 3.20. The standard InChI is InChI=1S/C24H34N4O3S/c1-6-27-21(17-11-13-18(14-12-17)24(3,4)5)25-26-23(27)32-16-20(29)28-15-9-8-10-19(28)22(30)31-7-2/h11-14,19H,6-10,15-16H2,1-5H3/t19-/m1/s1. The molecule has 0 bridgehead atoms. The third-order valence-electron chi connectivity index (χ3n) is 5.75. The zero-order valence-electron chi connectivity index (χ0n) is 19.8. The summed E-state index contributed by atoms with van der Waals surface area (Å²) in [6.07, 6.45) is 2.50. The molecule has 174 valence electrons. The molecule has 0 spiro atoms. The molecule has 1 amide bonds. The van der Waals surface area contributed by atoms with Crippen LogP contribution < -0.4 is 0 Å². The van der Waals surface area contributed by atoms with E-state index in [-0.39, 0.29) is 23.0 Å². The highest BCUT2D eigenvalue weighted by Crippen LogP contribution is 2.28. The van der Waals surface area contributed by atoms with E-state index in [1.54, 1.807) is 11.8 Å². The zero-order chi connectivity index (χ0) is 23.3. The predicted octanol–water partition coefficient (Wildman–Crippen LogP) is 4.30. The van der Waals surface area contributed by atoms with E-state index in [1.165, 1.54) is 17.3 Å². The van der Waals surface area contributed by atoms with Crippen molar-refractivity contribution in [3.63, 3.8) is 0 Å². The van der Waals surface area contributed by atoms with Crippen molar-refractivity contribution in [2.45, 2.75) is 77.0 Å². The molecule has 8 heteroatoms. The summed E-state index contributed by atoms with van der Waals surface area (Å²) in [4.78, 5) is 26.9.